The van der Waals surface area contributed by atoms with Crippen LogP contribution in [0.25, 0.3) is 32.6 Å². The summed E-state index contributed by atoms with van der Waals surface area (Å²) < 4.78 is 13.8. The Kier molecular flexibility index (Phi) is 4.12. The number of pyridine rings is 1. The maximum atomic E-state index is 13.8. The fraction of sp³-hybridized carbons (Fsp3) is 0.167. The summed E-state index contributed by atoms with van der Waals surface area (Å²) in [6.45, 7) is 0. The lowest BCUT2D eigenvalue weighted by atomic mass is 10.0. The number of carbonyl (C=O) groups excluding carboxylic acids is 1. The van der Waals surface area contributed by atoms with Crippen LogP contribution in [0.3, 0.4) is 0 Å². The van der Waals surface area contributed by atoms with Crippen LogP contribution in [0.5, 0.6) is 0 Å². The summed E-state index contributed by atoms with van der Waals surface area (Å²) in [5, 5.41) is 3.06. The second-order valence-electron chi connectivity index (χ2n) is 5.97. The number of hydrogen-bond donors (Lipinski definition) is 3. The van der Waals surface area contributed by atoms with E-state index in [0.29, 0.717) is 45.4 Å². The number of benzene rings is 2. The summed E-state index contributed by atoms with van der Waals surface area (Å²) in [5.74, 6) is -0.0381. The number of primary amides is 1. The maximum absolute atomic E-state index is 13.8. The molecule has 0 bridgehead atoms. The van der Waals surface area contributed by atoms with Gasteiger partial charge in [0.15, 0.2) is 5.16 Å². The SMILES string of the molecule is NC(=O)CCCSc1nc2c3cc[nH]c(=O)c3c3cc(F)ccc3c2[nH]1. The van der Waals surface area contributed by atoms with Crippen molar-refractivity contribution in [3.63, 3.8) is 0 Å². The quantitative estimate of drug-likeness (QED) is 0.285. The van der Waals surface area contributed by atoms with Gasteiger partial charge < -0.3 is 15.7 Å². The Morgan fingerprint density at radius 2 is 2.08 bits per heavy atom. The molecule has 2 aromatic carbocycles. The van der Waals surface area contributed by atoms with E-state index in [4.69, 9.17) is 5.73 Å². The number of amides is 1. The highest BCUT2D eigenvalue weighted by Crippen LogP contribution is 2.33. The van der Waals surface area contributed by atoms with Crippen LogP contribution in [0.1, 0.15) is 12.8 Å². The Bertz CT molecular complexity index is 1210. The van der Waals surface area contributed by atoms with Gasteiger partial charge in [0.25, 0.3) is 5.56 Å². The zero-order valence-electron chi connectivity index (χ0n) is 13.6. The van der Waals surface area contributed by atoms with Crippen molar-refractivity contribution < 1.29 is 9.18 Å². The van der Waals surface area contributed by atoms with Crippen LogP contribution in [0, 0.1) is 5.82 Å². The normalized spacial score (nSPS) is 11.6. The lowest BCUT2D eigenvalue weighted by Gasteiger charge is -2.05. The molecule has 132 valence electrons. The summed E-state index contributed by atoms with van der Waals surface area (Å²) in [6.07, 6.45) is 2.54. The van der Waals surface area contributed by atoms with E-state index in [1.807, 2.05) is 0 Å². The number of nitrogens with two attached hydrogens (primary N) is 1. The minimum atomic E-state index is -0.401. The van der Waals surface area contributed by atoms with Gasteiger partial charge in [0, 0.05) is 34.5 Å². The smallest absolute Gasteiger partial charge is 0.256 e. The van der Waals surface area contributed by atoms with Crippen LogP contribution in [0.2, 0.25) is 0 Å². The number of rotatable bonds is 5. The number of nitrogens with zero attached hydrogens (tertiary/aromatic N) is 1. The molecule has 0 aliphatic heterocycles. The molecular weight excluding hydrogens is 355 g/mol. The standard InChI is InChI=1S/C18H15FN4O2S/c19-9-3-4-10-12(8-9)14-11(5-6-21-17(14)25)16-15(10)22-18(23-16)26-7-1-2-13(20)24/h3-6,8H,1-2,7H2,(H2,20,24)(H,21,25)(H,22,23). The highest BCUT2D eigenvalue weighted by atomic mass is 32.2. The third kappa shape index (κ3) is 2.82. The summed E-state index contributed by atoms with van der Waals surface area (Å²) >= 11 is 1.48. The maximum Gasteiger partial charge on any atom is 0.256 e. The van der Waals surface area contributed by atoms with E-state index in [1.165, 1.54) is 23.9 Å². The predicted molar refractivity (Wildman–Crippen MR) is 101 cm³/mol. The van der Waals surface area contributed by atoms with Gasteiger partial charge in [-0.1, -0.05) is 11.8 Å². The van der Waals surface area contributed by atoms with Crippen molar-refractivity contribution in [1.29, 1.82) is 0 Å². The molecule has 1 amide bonds. The van der Waals surface area contributed by atoms with Gasteiger partial charge in [-0.2, -0.15) is 0 Å². The van der Waals surface area contributed by atoms with E-state index < -0.39 is 5.82 Å². The van der Waals surface area contributed by atoms with E-state index in [0.717, 1.165) is 10.9 Å². The topological polar surface area (TPSA) is 105 Å². The monoisotopic (exact) mass is 370 g/mol. The molecular formula is C18H15FN4O2S. The van der Waals surface area contributed by atoms with Gasteiger partial charge >= 0.3 is 0 Å². The third-order valence-corrected chi connectivity index (χ3v) is 5.18. The van der Waals surface area contributed by atoms with Crippen molar-refractivity contribution in [2.75, 3.05) is 5.75 Å². The molecule has 26 heavy (non-hydrogen) atoms. The first kappa shape index (κ1) is 16.6. The molecule has 0 aliphatic carbocycles. The Morgan fingerprint density at radius 3 is 2.88 bits per heavy atom. The van der Waals surface area contributed by atoms with E-state index in [-0.39, 0.29) is 11.5 Å². The first-order valence-electron chi connectivity index (χ1n) is 8.08. The average Bonchev–Trinajstić information content (AvgIpc) is 3.03. The van der Waals surface area contributed by atoms with Gasteiger partial charge in [0.1, 0.15) is 5.82 Å². The largest absolute Gasteiger partial charge is 0.370 e. The molecule has 4 N–H and O–H groups in total. The van der Waals surface area contributed by atoms with Gasteiger partial charge in [-0.25, -0.2) is 9.37 Å². The molecule has 2 heterocycles. The van der Waals surface area contributed by atoms with E-state index in [1.54, 1.807) is 18.3 Å². The van der Waals surface area contributed by atoms with Crippen molar-refractivity contribution in [3.8, 4) is 0 Å². The number of halogens is 1. The summed E-state index contributed by atoms with van der Waals surface area (Å²) in [4.78, 5) is 33.7. The molecule has 0 aliphatic rings. The predicted octanol–water partition coefficient (Wildman–Crippen LogP) is 3.05. The van der Waals surface area contributed by atoms with E-state index >= 15 is 0 Å². The van der Waals surface area contributed by atoms with Crippen molar-refractivity contribution in [2.45, 2.75) is 18.0 Å². The molecule has 0 fully saturated rings. The molecule has 4 rings (SSSR count). The third-order valence-electron chi connectivity index (χ3n) is 4.22. The fourth-order valence-corrected chi connectivity index (χ4v) is 3.92. The molecule has 0 unspecified atom stereocenters. The number of nitrogens with one attached hydrogen (secondary N) is 2. The first-order valence-corrected chi connectivity index (χ1v) is 9.06. The second kappa shape index (κ2) is 6.45. The van der Waals surface area contributed by atoms with Crippen molar-refractivity contribution in [1.82, 2.24) is 15.0 Å². The summed E-state index contributed by atoms with van der Waals surface area (Å²) in [5.41, 5.74) is 6.30. The molecule has 4 aromatic rings. The lowest BCUT2D eigenvalue weighted by Crippen LogP contribution is -2.09. The minimum absolute atomic E-state index is 0.279. The van der Waals surface area contributed by atoms with Gasteiger partial charge in [-0.15, -0.1) is 0 Å². The zero-order valence-corrected chi connectivity index (χ0v) is 14.5. The summed E-state index contributed by atoms with van der Waals surface area (Å²) in [6, 6.07) is 6.16. The van der Waals surface area contributed by atoms with E-state index in [2.05, 4.69) is 15.0 Å². The second-order valence-corrected chi connectivity index (χ2v) is 7.05. The Morgan fingerprint density at radius 1 is 1.23 bits per heavy atom. The highest BCUT2D eigenvalue weighted by molar-refractivity contribution is 7.99. The number of carbonyl (C=O) groups is 1. The Hall–Kier alpha value is -2.87. The van der Waals surface area contributed by atoms with Crippen LogP contribution >= 0.6 is 11.8 Å². The Balaban J connectivity index is 1.90. The van der Waals surface area contributed by atoms with Gasteiger partial charge in [0.05, 0.1) is 16.4 Å². The number of aromatic amines is 2. The van der Waals surface area contributed by atoms with Crippen molar-refractivity contribution in [3.05, 3.63) is 46.6 Å². The minimum Gasteiger partial charge on any atom is -0.370 e. The molecule has 2 aromatic heterocycles. The van der Waals surface area contributed by atoms with Crippen LogP contribution in [0.4, 0.5) is 4.39 Å². The molecule has 0 radical (unpaired) electrons. The van der Waals surface area contributed by atoms with Crippen LogP contribution in [-0.2, 0) is 4.79 Å². The van der Waals surface area contributed by atoms with Gasteiger partial charge in [-0.3, -0.25) is 9.59 Å². The number of H-pyrrole nitrogens is 2. The van der Waals surface area contributed by atoms with Crippen molar-refractivity contribution >= 4 is 50.2 Å². The van der Waals surface area contributed by atoms with Gasteiger partial charge in [0.2, 0.25) is 5.91 Å². The van der Waals surface area contributed by atoms with Crippen molar-refractivity contribution in [2.24, 2.45) is 5.73 Å². The highest BCUT2D eigenvalue weighted by Gasteiger charge is 2.15. The molecule has 0 saturated carbocycles. The number of fused-ring (bicyclic) bond motifs is 6. The number of aromatic nitrogens is 3. The summed E-state index contributed by atoms with van der Waals surface area (Å²) in [7, 11) is 0. The molecule has 6 nitrogen and oxygen atoms in total. The average molecular weight is 370 g/mol. The number of thioether (sulfide) groups is 1. The molecule has 0 atom stereocenters. The van der Waals surface area contributed by atoms with E-state index in [9.17, 15) is 14.0 Å². The van der Waals surface area contributed by atoms with Crippen LogP contribution in [-0.4, -0.2) is 26.6 Å². The van der Waals surface area contributed by atoms with Crippen LogP contribution < -0.4 is 11.3 Å². The lowest BCUT2D eigenvalue weighted by molar-refractivity contribution is -0.118. The van der Waals surface area contributed by atoms with Crippen LogP contribution in [0.15, 0.2) is 40.4 Å². The molecule has 0 spiro atoms. The fourth-order valence-electron chi connectivity index (χ4n) is 3.11. The number of hydrogen-bond acceptors (Lipinski definition) is 4. The van der Waals surface area contributed by atoms with Gasteiger partial charge in [-0.05, 0) is 30.7 Å². The molecule has 0 saturated heterocycles. The number of imidazole rings is 1. The first-order chi connectivity index (χ1) is 12.5. The zero-order chi connectivity index (χ0) is 18.3. The molecule has 8 heteroatoms. The Labute approximate surface area is 151 Å².